The predicted molar refractivity (Wildman–Crippen MR) is 157 cm³/mol. The van der Waals surface area contributed by atoms with E-state index in [0.717, 1.165) is 31.4 Å². The summed E-state index contributed by atoms with van der Waals surface area (Å²) in [6, 6.07) is 7.15. The number of carbonyl (C=O) groups excluding carboxylic acids is 3. The molecule has 8 nitrogen and oxygen atoms in total. The number of urea groups is 1. The van der Waals surface area contributed by atoms with Crippen LogP contribution in [0.1, 0.15) is 77.7 Å². The van der Waals surface area contributed by atoms with Crippen LogP contribution >= 0.6 is 11.6 Å². The number of piperazine rings is 1. The molecule has 4 fully saturated rings. The topological polar surface area (TPSA) is 93.8 Å². The van der Waals surface area contributed by atoms with Crippen LogP contribution in [0.2, 0.25) is 5.02 Å². The third kappa shape index (κ3) is 6.43. The van der Waals surface area contributed by atoms with Gasteiger partial charge in [-0.3, -0.25) is 9.59 Å². The van der Waals surface area contributed by atoms with Gasteiger partial charge in [0.05, 0.1) is 5.41 Å². The Kier molecular flexibility index (Phi) is 8.67. The standard InChI is InChI=1S/C31H46ClN5O3/c1-30(2,3)35-28(39)31(22-7-5-4-6-8-22)13-15-36(16-14-31)27(38)26(17-21-9-11-23(32)12-10-21)34-29(40)37-20-24-18-25(37)19-33-24/h9-12,22,24-26,33H,4-8,13-20H2,1-3H3,(H,34,40)(H,35,39)/t24?,25?,26-/m1/s1. The predicted octanol–water partition coefficient (Wildman–Crippen LogP) is 4.11. The second-order valence-electron chi connectivity index (χ2n) is 13.5. The van der Waals surface area contributed by atoms with E-state index in [1.54, 1.807) is 0 Å². The van der Waals surface area contributed by atoms with E-state index in [9.17, 15) is 14.4 Å². The monoisotopic (exact) mass is 571 g/mol. The average molecular weight is 572 g/mol. The number of rotatable bonds is 6. The lowest BCUT2D eigenvalue weighted by atomic mass is 9.63. The van der Waals surface area contributed by atoms with Crippen molar-refractivity contribution < 1.29 is 14.4 Å². The van der Waals surface area contributed by atoms with Crippen molar-refractivity contribution in [3.8, 4) is 0 Å². The molecular weight excluding hydrogens is 526 g/mol. The molecule has 3 atom stereocenters. The first-order valence-electron chi connectivity index (χ1n) is 15.2. The van der Waals surface area contributed by atoms with Gasteiger partial charge in [-0.1, -0.05) is 43.0 Å². The van der Waals surface area contributed by atoms with Crippen LogP contribution in [0.4, 0.5) is 4.79 Å². The zero-order valence-electron chi connectivity index (χ0n) is 24.3. The Labute approximate surface area is 243 Å². The number of amides is 4. The van der Waals surface area contributed by atoms with Crippen LogP contribution in [0.25, 0.3) is 0 Å². The maximum Gasteiger partial charge on any atom is 0.318 e. The molecule has 4 amide bonds. The molecule has 1 aromatic rings. The Morgan fingerprint density at radius 1 is 1.07 bits per heavy atom. The molecule has 9 heteroatoms. The van der Waals surface area contributed by atoms with Gasteiger partial charge in [-0.05, 0) is 76.5 Å². The smallest absolute Gasteiger partial charge is 0.318 e. The van der Waals surface area contributed by atoms with Crippen molar-refractivity contribution in [2.75, 3.05) is 26.2 Å². The summed E-state index contributed by atoms with van der Waals surface area (Å²) in [7, 11) is 0. The van der Waals surface area contributed by atoms with E-state index in [-0.39, 0.29) is 29.4 Å². The van der Waals surface area contributed by atoms with Crippen molar-refractivity contribution in [2.45, 2.75) is 102 Å². The van der Waals surface area contributed by atoms with E-state index < -0.39 is 11.5 Å². The molecule has 1 aliphatic carbocycles. The van der Waals surface area contributed by atoms with E-state index in [4.69, 9.17) is 11.6 Å². The van der Waals surface area contributed by atoms with Crippen LogP contribution in [0, 0.1) is 11.3 Å². The third-order valence-corrected chi connectivity index (χ3v) is 9.81. The Morgan fingerprint density at radius 3 is 2.33 bits per heavy atom. The number of hydrogen-bond acceptors (Lipinski definition) is 4. The molecule has 3 aliphatic heterocycles. The summed E-state index contributed by atoms with van der Waals surface area (Å²) in [6.45, 7) is 8.63. The number of piperidine rings is 1. The molecule has 1 aromatic carbocycles. The molecule has 3 N–H and O–H groups in total. The summed E-state index contributed by atoms with van der Waals surface area (Å²) in [5, 5.41) is 10.4. The number of halogens is 1. The number of hydrogen-bond donors (Lipinski definition) is 3. The number of likely N-dealkylation sites (tertiary alicyclic amines) is 2. The van der Waals surface area contributed by atoms with Gasteiger partial charge in [-0.15, -0.1) is 0 Å². The molecular formula is C31H46ClN5O3. The van der Waals surface area contributed by atoms with Gasteiger partial charge in [0.2, 0.25) is 11.8 Å². The Bertz CT molecular complexity index is 1070. The number of fused-ring (bicyclic) bond motifs is 2. The minimum atomic E-state index is -0.675. The Balaban J connectivity index is 1.31. The average Bonchev–Trinajstić information content (AvgIpc) is 3.57. The molecule has 40 heavy (non-hydrogen) atoms. The fourth-order valence-electron chi connectivity index (χ4n) is 7.39. The van der Waals surface area contributed by atoms with E-state index in [1.807, 2.05) is 54.8 Å². The Morgan fingerprint density at radius 2 is 1.75 bits per heavy atom. The molecule has 2 unspecified atom stereocenters. The molecule has 0 spiro atoms. The van der Waals surface area contributed by atoms with E-state index in [1.165, 1.54) is 19.3 Å². The molecule has 1 saturated carbocycles. The van der Waals surface area contributed by atoms with Gasteiger partial charge in [0.25, 0.3) is 0 Å². The largest absolute Gasteiger partial charge is 0.351 e. The molecule has 0 radical (unpaired) electrons. The van der Waals surface area contributed by atoms with Crippen molar-refractivity contribution in [2.24, 2.45) is 11.3 Å². The van der Waals surface area contributed by atoms with Crippen LogP contribution in [0.15, 0.2) is 24.3 Å². The number of benzene rings is 1. The lowest BCUT2D eigenvalue weighted by molar-refractivity contribution is -0.147. The SMILES string of the molecule is CC(C)(C)NC(=O)C1(C2CCCCC2)CCN(C(=O)[C@@H](Cc2ccc(Cl)cc2)NC(=O)N2CC3CC2CN3)CC1. The van der Waals surface area contributed by atoms with Crippen molar-refractivity contribution in [3.63, 3.8) is 0 Å². The van der Waals surface area contributed by atoms with E-state index in [0.29, 0.717) is 55.9 Å². The first-order valence-corrected chi connectivity index (χ1v) is 15.6. The lowest BCUT2D eigenvalue weighted by Crippen LogP contribution is -2.60. The zero-order valence-corrected chi connectivity index (χ0v) is 25.1. The van der Waals surface area contributed by atoms with Crippen LogP contribution < -0.4 is 16.0 Å². The fourth-order valence-corrected chi connectivity index (χ4v) is 7.51. The first kappa shape index (κ1) is 29.2. The summed E-state index contributed by atoms with van der Waals surface area (Å²) in [6.07, 6.45) is 8.41. The second-order valence-corrected chi connectivity index (χ2v) is 13.9. The highest BCUT2D eigenvalue weighted by Gasteiger charge is 2.49. The maximum atomic E-state index is 14.0. The molecule has 0 aromatic heterocycles. The highest BCUT2D eigenvalue weighted by atomic mass is 35.5. The number of nitrogens with zero attached hydrogens (tertiary/aromatic N) is 2. The van der Waals surface area contributed by atoms with Crippen molar-refractivity contribution in [1.82, 2.24) is 25.8 Å². The Hall–Kier alpha value is -2.32. The van der Waals surface area contributed by atoms with Gasteiger partial charge in [0, 0.05) is 55.2 Å². The zero-order chi connectivity index (χ0) is 28.5. The third-order valence-electron chi connectivity index (χ3n) is 9.56. The maximum absolute atomic E-state index is 14.0. The van der Waals surface area contributed by atoms with E-state index in [2.05, 4.69) is 16.0 Å². The summed E-state index contributed by atoms with van der Waals surface area (Å²) in [5.41, 5.74) is 0.205. The molecule has 3 heterocycles. The van der Waals surface area contributed by atoms with Gasteiger partial charge < -0.3 is 25.8 Å². The van der Waals surface area contributed by atoms with Crippen LogP contribution in [0.3, 0.4) is 0 Å². The van der Waals surface area contributed by atoms with Gasteiger partial charge in [0.15, 0.2) is 0 Å². The van der Waals surface area contributed by atoms with Crippen molar-refractivity contribution >= 4 is 29.4 Å². The molecule has 2 bridgehead atoms. The number of nitrogens with one attached hydrogen (secondary N) is 3. The van der Waals surface area contributed by atoms with Crippen LogP contribution in [0.5, 0.6) is 0 Å². The van der Waals surface area contributed by atoms with Crippen molar-refractivity contribution in [3.05, 3.63) is 34.9 Å². The summed E-state index contributed by atoms with van der Waals surface area (Å²) >= 11 is 6.11. The minimum absolute atomic E-state index is 0.0701. The van der Waals surface area contributed by atoms with Gasteiger partial charge in [0.1, 0.15) is 6.04 Å². The first-order chi connectivity index (χ1) is 19.0. The van der Waals surface area contributed by atoms with Gasteiger partial charge >= 0.3 is 6.03 Å². The fraction of sp³-hybridized carbons (Fsp3) is 0.710. The second kappa shape index (κ2) is 11.9. The van der Waals surface area contributed by atoms with Gasteiger partial charge in [-0.25, -0.2) is 4.79 Å². The normalized spacial score (nSPS) is 25.5. The molecule has 4 aliphatic rings. The summed E-state index contributed by atoms with van der Waals surface area (Å²) in [4.78, 5) is 44.9. The van der Waals surface area contributed by atoms with E-state index >= 15 is 0 Å². The quantitative estimate of drug-likeness (QED) is 0.479. The van der Waals surface area contributed by atoms with Crippen LogP contribution in [-0.4, -0.2) is 77.5 Å². The lowest BCUT2D eigenvalue weighted by Gasteiger charge is -2.48. The van der Waals surface area contributed by atoms with Crippen LogP contribution in [-0.2, 0) is 16.0 Å². The van der Waals surface area contributed by atoms with Crippen molar-refractivity contribution in [1.29, 1.82) is 0 Å². The highest BCUT2D eigenvalue weighted by molar-refractivity contribution is 6.30. The summed E-state index contributed by atoms with van der Waals surface area (Å²) < 4.78 is 0. The highest BCUT2D eigenvalue weighted by Crippen LogP contribution is 2.46. The summed E-state index contributed by atoms with van der Waals surface area (Å²) in [5.74, 6) is 0.423. The minimum Gasteiger partial charge on any atom is -0.351 e. The molecule has 220 valence electrons. The molecule has 3 saturated heterocycles. The molecule has 5 rings (SSSR count). The number of carbonyl (C=O) groups is 3. The van der Waals surface area contributed by atoms with Gasteiger partial charge in [-0.2, -0.15) is 0 Å².